The fourth-order valence-corrected chi connectivity index (χ4v) is 3.40. The number of ether oxygens (including phenoxy) is 1. The Balaban J connectivity index is 1.59. The van der Waals surface area contributed by atoms with E-state index < -0.39 is 0 Å². The SMILES string of the molecule is CCCCc1ccc(N2C[C@H](C(=O)Nc3ccc(OCC)cc3)CC2=O)cc1. The van der Waals surface area contributed by atoms with E-state index in [9.17, 15) is 9.59 Å². The van der Waals surface area contributed by atoms with Crippen LogP contribution in [0.5, 0.6) is 5.75 Å². The number of hydrogen-bond donors (Lipinski definition) is 1. The van der Waals surface area contributed by atoms with Crippen LogP contribution in [0.25, 0.3) is 0 Å². The van der Waals surface area contributed by atoms with E-state index in [0.29, 0.717) is 18.8 Å². The summed E-state index contributed by atoms with van der Waals surface area (Å²) in [5.74, 6) is 0.289. The fraction of sp³-hybridized carbons (Fsp3) is 0.391. The van der Waals surface area contributed by atoms with Crippen LogP contribution >= 0.6 is 0 Å². The predicted octanol–water partition coefficient (Wildman–Crippen LogP) is 4.42. The van der Waals surface area contributed by atoms with Gasteiger partial charge in [-0.2, -0.15) is 0 Å². The number of hydrogen-bond acceptors (Lipinski definition) is 3. The molecule has 0 aromatic heterocycles. The lowest BCUT2D eigenvalue weighted by atomic mass is 10.1. The molecule has 1 heterocycles. The van der Waals surface area contributed by atoms with Crippen molar-refractivity contribution in [1.29, 1.82) is 0 Å². The van der Waals surface area contributed by atoms with E-state index in [4.69, 9.17) is 4.74 Å². The summed E-state index contributed by atoms with van der Waals surface area (Å²) in [5.41, 5.74) is 2.85. The van der Waals surface area contributed by atoms with Gasteiger partial charge in [0.2, 0.25) is 11.8 Å². The van der Waals surface area contributed by atoms with Crippen molar-refractivity contribution in [2.45, 2.75) is 39.5 Å². The van der Waals surface area contributed by atoms with Gasteiger partial charge < -0.3 is 15.0 Å². The average molecular weight is 380 g/mol. The maximum atomic E-state index is 12.6. The Bertz CT molecular complexity index is 800. The first-order chi connectivity index (χ1) is 13.6. The normalized spacial score (nSPS) is 16.3. The molecule has 2 aromatic carbocycles. The Morgan fingerprint density at radius 3 is 2.46 bits per heavy atom. The van der Waals surface area contributed by atoms with Crippen LogP contribution < -0.4 is 15.0 Å². The van der Waals surface area contributed by atoms with Gasteiger partial charge in [0.1, 0.15) is 5.75 Å². The molecule has 1 aliphatic rings. The van der Waals surface area contributed by atoms with E-state index in [2.05, 4.69) is 24.4 Å². The zero-order valence-electron chi connectivity index (χ0n) is 16.6. The van der Waals surface area contributed by atoms with Crippen molar-refractivity contribution in [2.75, 3.05) is 23.4 Å². The summed E-state index contributed by atoms with van der Waals surface area (Å²) in [5, 5.41) is 2.90. The van der Waals surface area contributed by atoms with Gasteiger partial charge in [-0.1, -0.05) is 25.5 Å². The molecular formula is C23H28N2O3. The second kappa shape index (κ2) is 9.40. The lowest BCUT2D eigenvalue weighted by Gasteiger charge is -2.17. The minimum atomic E-state index is -0.348. The van der Waals surface area contributed by atoms with Gasteiger partial charge in [-0.25, -0.2) is 0 Å². The molecule has 0 aliphatic carbocycles. The van der Waals surface area contributed by atoms with Gasteiger partial charge in [-0.15, -0.1) is 0 Å². The van der Waals surface area contributed by atoms with Crippen molar-refractivity contribution < 1.29 is 14.3 Å². The van der Waals surface area contributed by atoms with E-state index in [1.165, 1.54) is 5.56 Å². The van der Waals surface area contributed by atoms with Gasteiger partial charge in [0.25, 0.3) is 0 Å². The molecule has 2 aromatic rings. The highest BCUT2D eigenvalue weighted by Crippen LogP contribution is 2.27. The number of aryl methyl sites for hydroxylation is 1. The second-order valence-electron chi connectivity index (χ2n) is 7.12. The van der Waals surface area contributed by atoms with Crippen molar-refractivity contribution in [1.82, 2.24) is 0 Å². The lowest BCUT2D eigenvalue weighted by molar-refractivity contribution is -0.122. The maximum Gasteiger partial charge on any atom is 0.229 e. The number of carbonyl (C=O) groups excluding carboxylic acids is 2. The van der Waals surface area contributed by atoms with E-state index >= 15 is 0 Å². The topological polar surface area (TPSA) is 58.6 Å². The zero-order chi connectivity index (χ0) is 19.9. The Kier molecular flexibility index (Phi) is 6.69. The summed E-state index contributed by atoms with van der Waals surface area (Å²) in [4.78, 5) is 26.8. The standard InChI is InChI=1S/C23H28N2O3/c1-3-5-6-17-7-11-20(12-8-17)25-16-18(15-22(25)26)23(27)24-19-9-13-21(14-10-19)28-4-2/h7-14,18H,3-6,15-16H2,1-2H3,(H,24,27)/t18-/m1/s1. The molecule has 1 saturated heterocycles. The predicted molar refractivity (Wildman–Crippen MR) is 112 cm³/mol. The molecule has 1 atom stereocenters. The van der Waals surface area contributed by atoms with Crippen LogP contribution in [0.2, 0.25) is 0 Å². The van der Waals surface area contributed by atoms with Crippen LogP contribution in [0.3, 0.4) is 0 Å². The number of carbonyl (C=O) groups is 2. The smallest absolute Gasteiger partial charge is 0.229 e. The van der Waals surface area contributed by atoms with Gasteiger partial charge in [0.05, 0.1) is 12.5 Å². The molecule has 5 heteroatoms. The molecule has 3 rings (SSSR count). The largest absolute Gasteiger partial charge is 0.494 e. The number of nitrogens with zero attached hydrogens (tertiary/aromatic N) is 1. The van der Waals surface area contributed by atoms with Crippen molar-refractivity contribution in [3.05, 3.63) is 54.1 Å². The minimum absolute atomic E-state index is 0.00634. The monoisotopic (exact) mass is 380 g/mol. The molecule has 0 bridgehead atoms. The average Bonchev–Trinajstić information content (AvgIpc) is 3.10. The first-order valence-electron chi connectivity index (χ1n) is 10.0. The Morgan fingerprint density at radius 1 is 1.11 bits per heavy atom. The number of anilines is 2. The Hall–Kier alpha value is -2.82. The Labute approximate surface area is 166 Å². The van der Waals surface area contributed by atoms with Crippen molar-refractivity contribution >= 4 is 23.2 Å². The number of nitrogens with one attached hydrogen (secondary N) is 1. The molecule has 1 N–H and O–H groups in total. The summed E-state index contributed by atoms with van der Waals surface area (Å²) in [6.07, 6.45) is 3.62. The molecule has 148 valence electrons. The highest BCUT2D eigenvalue weighted by Gasteiger charge is 2.35. The third kappa shape index (κ3) is 4.91. The molecule has 0 unspecified atom stereocenters. The second-order valence-corrected chi connectivity index (χ2v) is 7.12. The fourth-order valence-electron chi connectivity index (χ4n) is 3.40. The van der Waals surface area contributed by atoms with Crippen LogP contribution in [-0.4, -0.2) is 25.0 Å². The first kappa shape index (κ1) is 19.9. The molecule has 28 heavy (non-hydrogen) atoms. The molecule has 0 radical (unpaired) electrons. The number of amides is 2. The van der Waals surface area contributed by atoms with Gasteiger partial charge in [0, 0.05) is 24.3 Å². The number of unbranched alkanes of at least 4 members (excludes halogenated alkanes) is 1. The Morgan fingerprint density at radius 2 is 1.82 bits per heavy atom. The van der Waals surface area contributed by atoms with E-state index in [1.54, 1.807) is 4.90 Å². The maximum absolute atomic E-state index is 12.6. The summed E-state index contributed by atoms with van der Waals surface area (Å²) in [6, 6.07) is 15.4. The van der Waals surface area contributed by atoms with Crippen LogP contribution in [-0.2, 0) is 16.0 Å². The van der Waals surface area contributed by atoms with Crippen LogP contribution in [0, 0.1) is 5.92 Å². The minimum Gasteiger partial charge on any atom is -0.494 e. The molecular weight excluding hydrogens is 352 g/mol. The van der Waals surface area contributed by atoms with Gasteiger partial charge in [-0.05, 0) is 61.7 Å². The van der Waals surface area contributed by atoms with E-state index in [0.717, 1.165) is 30.7 Å². The van der Waals surface area contributed by atoms with Crippen LogP contribution in [0.15, 0.2) is 48.5 Å². The van der Waals surface area contributed by atoms with Gasteiger partial charge in [-0.3, -0.25) is 9.59 Å². The van der Waals surface area contributed by atoms with Crippen LogP contribution in [0.4, 0.5) is 11.4 Å². The third-order valence-electron chi connectivity index (χ3n) is 5.00. The third-order valence-corrected chi connectivity index (χ3v) is 5.00. The van der Waals surface area contributed by atoms with E-state index in [-0.39, 0.29) is 24.2 Å². The lowest BCUT2D eigenvalue weighted by Crippen LogP contribution is -2.28. The highest BCUT2D eigenvalue weighted by atomic mass is 16.5. The molecule has 5 nitrogen and oxygen atoms in total. The van der Waals surface area contributed by atoms with E-state index in [1.807, 2.05) is 43.3 Å². The quantitative estimate of drug-likeness (QED) is 0.737. The molecule has 0 saturated carbocycles. The summed E-state index contributed by atoms with van der Waals surface area (Å²) in [6.45, 7) is 5.12. The summed E-state index contributed by atoms with van der Waals surface area (Å²) < 4.78 is 5.41. The number of rotatable bonds is 8. The molecule has 1 aliphatic heterocycles. The van der Waals surface area contributed by atoms with Gasteiger partial charge in [0.15, 0.2) is 0 Å². The van der Waals surface area contributed by atoms with Gasteiger partial charge >= 0.3 is 0 Å². The van der Waals surface area contributed by atoms with Crippen molar-refractivity contribution in [3.63, 3.8) is 0 Å². The zero-order valence-corrected chi connectivity index (χ0v) is 16.6. The summed E-state index contributed by atoms with van der Waals surface area (Å²) in [7, 11) is 0. The molecule has 0 spiro atoms. The van der Waals surface area contributed by atoms with Crippen molar-refractivity contribution in [2.24, 2.45) is 5.92 Å². The first-order valence-corrected chi connectivity index (χ1v) is 10.0. The number of benzene rings is 2. The molecule has 1 fully saturated rings. The highest BCUT2D eigenvalue weighted by molar-refractivity contribution is 6.03. The summed E-state index contributed by atoms with van der Waals surface area (Å²) >= 11 is 0. The molecule has 2 amide bonds. The van der Waals surface area contributed by atoms with Crippen LogP contribution in [0.1, 0.15) is 38.7 Å². The van der Waals surface area contributed by atoms with Crippen molar-refractivity contribution in [3.8, 4) is 5.75 Å².